The Morgan fingerprint density at radius 2 is 1.70 bits per heavy atom. The van der Waals surface area contributed by atoms with Crippen molar-refractivity contribution in [3.05, 3.63) is 0 Å². The Morgan fingerprint density at radius 1 is 1.15 bits per heavy atom. The van der Waals surface area contributed by atoms with Crippen molar-refractivity contribution >= 4 is 17.5 Å². The Kier molecular flexibility index (Phi) is 3.05. The van der Waals surface area contributed by atoms with E-state index in [1.807, 2.05) is 13.8 Å². The average Bonchev–Trinajstić information content (AvgIpc) is 2.23. The second-order valence-electron chi connectivity index (χ2n) is 9.38. The molecule has 1 N–H and O–H groups in total. The molecule has 4 aliphatic carbocycles. The fourth-order valence-electron chi connectivity index (χ4n) is 6.17. The van der Waals surface area contributed by atoms with E-state index in [4.69, 9.17) is 11.6 Å². The van der Waals surface area contributed by atoms with Crippen LogP contribution in [0, 0.1) is 22.2 Å². The van der Waals surface area contributed by atoms with Gasteiger partial charge in [0.15, 0.2) is 0 Å². The van der Waals surface area contributed by atoms with Gasteiger partial charge in [-0.2, -0.15) is 0 Å². The second-order valence-corrected chi connectivity index (χ2v) is 9.65. The number of amides is 1. The van der Waals surface area contributed by atoms with Crippen molar-refractivity contribution in [3.63, 3.8) is 0 Å². The van der Waals surface area contributed by atoms with Crippen LogP contribution in [0.15, 0.2) is 0 Å². The van der Waals surface area contributed by atoms with Crippen LogP contribution in [0.25, 0.3) is 0 Å². The van der Waals surface area contributed by atoms with Gasteiger partial charge in [-0.15, -0.1) is 11.6 Å². The van der Waals surface area contributed by atoms with E-state index < -0.39 is 0 Å². The predicted molar refractivity (Wildman–Crippen MR) is 82.8 cm³/mol. The molecule has 4 saturated carbocycles. The van der Waals surface area contributed by atoms with Crippen LogP contribution in [-0.4, -0.2) is 17.3 Å². The molecule has 0 saturated heterocycles. The fourth-order valence-corrected chi connectivity index (χ4v) is 6.24. The van der Waals surface area contributed by atoms with Gasteiger partial charge >= 0.3 is 0 Å². The molecule has 0 aromatic rings. The van der Waals surface area contributed by atoms with Crippen LogP contribution in [0.1, 0.15) is 66.2 Å². The van der Waals surface area contributed by atoms with Gasteiger partial charge in [-0.05, 0) is 69.1 Å². The molecule has 114 valence electrons. The summed E-state index contributed by atoms with van der Waals surface area (Å²) in [6.45, 7) is 8.85. The van der Waals surface area contributed by atoms with Crippen molar-refractivity contribution in [3.8, 4) is 0 Å². The third-order valence-corrected chi connectivity index (χ3v) is 6.56. The summed E-state index contributed by atoms with van der Waals surface area (Å²) in [5.41, 5.74) is 0.350. The van der Waals surface area contributed by atoms with E-state index in [0.717, 1.165) is 25.2 Å². The minimum Gasteiger partial charge on any atom is -0.350 e. The lowest BCUT2D eigenvalue weighted by Crippen LogP contribution is -2.62. The number of carbonyl (C=O) groups excluding carboxylic acids is 1. The standard InChI is InChI=1S/C17H28ClNO/c1-14(2,11-18)19-13(20)17-7-12-5-15(3,9-17)8-16(4,6-12)10-17/h12H,5-11H2,1-4H3,(H,19,20). The van der Waals surface area contributed by atoms with Gasteiger partial charge in [0.05, 0.1) is 5.41 Å². The third-order valence-electron chi connectivity index (χ3n) is 5.89. The highest BCUT2D eigenvalue weighted by molar-refractivity contribution is 6.18. The van der Waals surface area contributed by atoms with Gasteiger partial charge in [0, 0.05) is 11.4 Å². The maximum atomic E-state index is 13.0. The van der Waals surface area contributed by atoms with Crippen molar-refractivity contribution < 1.29 is 4.79 Å². The average molecular weight is 298 g/mol. The lowest BCUT2D eigenvalue weighted by molar-refractivity contribution is -0.171. The maximum Gasteiger partial charge on any atom is 0.226 e. The summed E-state index contributed by atoms with van der Waals surface area (Å²) in [5, 5.41) is 3.23. The van der Waals surface area contributed by atoms with E-state index >= 15 is 0 Å². The molecule has 4 rings (SSSR count). The second kappa shape index (κ2) is 4.15. The first-order chi connectivity index (χ1) is 9.10. The predicted octanol–water partition coefficient (Wildman–Crippen LogP) is 4.12. The van der Waals surface area contributed by atoms with Crippen LogP contribution in [0.5, 0.6) is 0 Å². The largest absolute Gasteiger partial charge is 0.350 e. The number of rotatable bonds is 3. The summed E-state index contributed by atoms with van der Waals surface area (Å²) in [6, 6.07) is 0. The summed E-state index contributed by atoms with van der Waals surface area (Å²) in [4.78, 5) is 13.0. The van der Waals surface area contributed by atoms with Gasteiger partial charge in [0.2, 0.25) is 5.91 Å². The van der Waals surface area contributed by atoms with Gasteiger partial charge in [-0.25, -0.2) is 0 Å². The Labute approximate surface area is 128 Å². The molecule has 0 aliphatic heterocycles. The summed E-state index contributed by atoms with van der Waals surface area (Å²) in [7, 11) is 0. The molecule has 2 unspecified atom stereocenters. The summed E-state index contributed by atoms with van der Waals surface area (Å²) in [6.07, 6.45) is 7.23. The molecule has 2 atom stereocenters. The molecule has 2 nitrogen and oxygen atoms in total. The molecule has 0 radical (unpaired) electrons. The number of halogens is 1. The summed E-state index contributed by atoms with van der Waals surface area (Å²) < 4.78 is 0. The number of alkyl halides is 1. The first-order valence-corrected chi connectivity index (χ1v) is 8.52. The number of nitrogens with one attached hydrogen (secondary N) is 1. The first kappa shape index (κ1) is 14.7. The third kappa shape index (κ3) is 2.28. The highest BCUT2D eigenvalue weighted by atomic mass is 35.5. The normalized spacial score (nSPS) is 46.5. The molecule has 0 aromatic carbocycles. The van der Waals surface area contributed by atoms with Crippen molar-refractivity contribution in [2.75, 3.05) is 5.88 Å². The van der Waals surface area contributed by atoms with E-state index in [2.05, 4.69) is 19.2 Å². The first-order valence-electron chi connectivity index (χ1n) is 7.98. The molecule has 4 aliphatic rings. The summed E-state index contributed by atoms with van der Waals surface area (Å²) in [5.74, 6) is 1.49. The monoisotopic (exact) mass is 297 g/mol. The van der Waals surface area contributed by atoms with Crippen LogP contribution >= 0.6 is 11.6 Å². The molecule has 4 bridgehead atoms. The maximum absolute atomic E-state index is 13.0. The van der Waals surface area contributed by atoms with Crippen LogP contribution in [-0.2, 0) is 4.79 Å². The van der Waals surface area contributed by atoms with Crippen LogP contribution in [0.2, 0.25) is 0 Å². The van der Waals surface area contributed by atoms with E-state index in [-0.39, 0.29) is 16.9 Å². The summed E-state index contributed by atoms with van der Waals surface area (Å²) >= 11 is 5.98. The molecule has 20 heavy (non-hydrogen) atoms. The lowest BCUT2D eigenvalue weighted by Gasteiger charge is -2.64. The van der Waals surface area contributed by atoms with Crippen molar-refractivity contribution in [1.29, 1.82) is 0 Å². The van der Waals surface area contributed by atoms with Crippen molar-refractivity contribution in [1.82, 2.24) is 5.32 Å². The zero-order valence-electron chi connectivity index (χ0n) is 13.3. The van der Waals surface area contributed by atoms with Gasteiger partial charge < -0.3 is 5.32 Å². The Bertz CT molecular complexity index is 426. The van der Waals surface area contributed by atoms with Gasteiger partial charge in [0.25, 0.3) is 0 Å². The fraction of sp³-hybridized carbons (Fsp3) is 0.941. The zero-order valence-corrected chi connectivity index (χ0v) is 14.1. The topological polar surface area (TPSA) is 29.1 Å². The minimum atomic E-state index is -0.302. The highest BCUT2D eigenvalue weighted by Gasteiger charge is 2.62. The van der Waals surface area contributed by atoms with E-state index in [1.54, 1.807) is 0 Å². The Hall–Kier alpha value is -0.240. The van der Waals surface area contributed by atoms with Gasteiger partial charge in [-0.1, -0.05) is 13.8 Å². The van der Waals surface area contributed by atoms with Crippen molar-refractivity contribution in [2.24, 2.45) is 22.2 Å². The molecule has 4 fully saturated rings. The van der Waals surface area contributed by atoms with E-state index in [1.165, 1.54) is 19.3 Å². The smallest absolute Gasteiger partial charge is 0.226 e. The minimum absolute atomic E-state index is 0.119. The molecular weight excluding hydrogens is 270 g/mol. The van der Waals surface area contributed by atoms with Gasteiger partial charge in [-0.3, -0.25) is 4.79 Å². The quantitative estimate of drug-likeness (QED) is 0.780. The van der Waals surface area contributed by atoms with Crippen LogP contribution in [0.4, 0.5) is 0 Å². The number of hydrogen-bond acceptors (Lipinski definition) is 1. The SMILES string of the molecule is CC12CC3CC(C)(C1)CC(C(=O)NC(C)(C)CCl)(C3)C2. The van der Waals surface area contributed by atoms with Gasteiger partial charge in [0.1, 0.15) is 0 Å². The highest BCUT2D eigenvalue weighted by Crippen LogP contribution is 2.69. The zero-order chi connectivity index (χ0) is 14.8. The van der Waals surface area contributed by atoms with E-state index in [0.29, 0.717) is 16.7 Å². The van der Waals surface area contributed by atoms with Crippen molar-refractivity contribution in [2.45, 2.75) is 71.8 Å². The molecule has 1 amide bonds. The number of hydrogen-bond donors (Lipinski definition) is 1. The Balaban J connectivity index is 1.87. The number of carbonyl (C=O) groups is 1. The molecular formula is C17H28ClNO. The Morgan fingerprint density at radius 3 is 2.15 bits per heavy atom. The molecule has 0 spiro atoms. The van der Waals surface area contributed by atoms with Crippen LogP contribution < -0.4 is 5.32 Å². The molecule has 3 heteroatoms. The lowest BCUT2D eigenvalue weighted by atomic mass is 9.40. The van der Waals surface area contributed by atoms with E-state index in [9.17, 15) is 4.79 Å². The molecule has 0 heterocycles. The molecule has 0 aromatic heterocycles. The van der Waals surface area contributed by atoms with Crippen LogP contribution in [0.3, 0.4) is 0 Å².